The summed E-state index contributed by atoms with van der Waals surface area (Å²) in [5.74, 6) is 0.747. The Morgan fingerprint density at radius 1 is 0.946 bits per heavy atom. The van der Waals surface area contributed by atoms with Gasteiger partial charge in [0.1, 0.15) is 29.7 Å². The number of hydrogen-bond donors (Lipinski definition) is 0. The normalized spacial score (nSPS) is 11.8. The van der Waals surface area contributed by atoms with Gasteiger partial charge in [0.25, 0.3) is 0 Å². The second-order valence-corrected chi connectivity index (χ2v) is 8.98. The smallest absolute Gasteiger partial charge is 0.387 e. The van der Waals surface area contributed by atoms with Crippen LogP contribution in [0.4, 0.5) is 13.2 Å². The third kappa shape index (κ3) is 6.42. The third-order valence-electron chi connectivity index (χ3n) is 5.24. The number of thioether (sulfide) groups is 1. The van der Waals surface area contributed by atoms with Crippen LogP contribution in [0.3, 0.4) is 0 Å². The predicted octanol–water partition coefficient (Wildman–Crippen LogP) is 5.96. The predicted molar refractivity (Wildman–Crippen MR) is 131 cm³/mol. The first kappa shape index (κ1) is 26.1. The summed E-state index contributed by atoms with van der Waals surface area (Å²) >= 11 is 1.09. The number of methoxy groups -OCH3 is 1. The molecule has 1 heterocycles. The number of aromatic nitrogens is 3. The van der Waals surface area contributed by atoms with Crippen molar-refractivity contribution in [2.45, 2.75) is 30.5 Å². The van der Waals surface area contributed by atoms with E-state index in [1.165, 1.54) is 34.9 Å². The lowest BCUT2D eigenvalue weighted by Gasteiger charge is -2.14. The molecule has 7 nitrogen and oxygen atoms in total. The van der Waals surface area contributed by atoms with Crippen LogP contribution < -0.4 is 14.2 Å². The minimum atomic E-state index is -2.95. The number of hydrogen-bond acceptors (Lipinski definition) is 7. The topological polar surface area (TPSA) is 75.5 Å². The van der Waals surface area contributed by atoms with Crippen molar-refractivity contribution >= 4 is 17.5 Å². The fraction of sp³-hybridized carbons (Fsp3) is 0.192. The molecule has 192 valence electrons. The molecule has 3 aromatic carbocycles. The molecule has 1 unspecified atom stereocenters. The Morgan fingerprint density at radius 2 is 1.59 bits per heavy atom. The lowest BCUT2D eigenvalue weighted by atomic mass is 10.1. The number of alkyl halides is 2. The van der Waals surface area contributed by atoms with Crippen LogP contribution in [0.5, 0.6) is 17.2 Å². The molecule has 11 heteroatoms. The first-order valence-electron chi connectivity index (χ1n) is 11.1. The highest BCUT2D eigenvalue weighted by molar-refractivity contribution is 8.00. The molecular weight excluding hydrogens is 507 g/mol. The number of benzene rings is 3. The van der Waals surface area contributed by atoms with Crippen LogP contribution in [-0.2, 0) is 6.61 Å². The van der Waals surface area contributed by atoms with Crippen LogP contribution in [0.1, 0.15) is 23.1 Å². The van der Waals surface area contributed by atoms with E-state index in [9.17, 15) is 18.0 Å². The molecule has 0 bridgehead atoms. The molecule has 0 aliphatic carbocycles. The van der Waals surface area contributed by atoms with Gasteiger partial charge >= 0.3 is 6.61 Å². The SMILES string of the molecule is COc1ccc(OCc2nnc(SC(C)C(=O)c3ccc(OC(F)F)cc3)n2-c2ccccc2F)cc1. The number of nitrogens with zero attached hydrogens (tertiary/aromatic N) is 3. The number of carbonyl (C=O) groups is 1. The van der Waals surface area contributed by atoms with Crippen LogP contribution in [0.25, 0.3) is 5.69 Å². The summed E-state index contributed by atoms with van der Waals surface area (Å²) < 4.78 is 56.4. The van der Waals surface area contributed by atoms with Crippen LogP contribution in [-0.4, -0.2) is 39.5 Å². The summed E-state index contributed by atoms with van der Waals surface area (Å²) in [6.07, 6.45) is 0. The minimum Gasteiger partial charge on any atom is -0.497 e. The molecule has 1 aromatic heterocycles. The number of rotatable bonds is 11. The zero-order chi connectivity index (χ0) is 26.4. The Kier molecular flexibility index (Phi) is 8.34. The van der Waals surface area contributed by atoms with E-state index in [4.69, 9.17) is 9.47 Å². The maximum Gasteiger partial charge on any atom is 0.387 e. The third-order valence-corrected chi connectivity index (χ3v) is 6.28. The van der Waals surface area contributed by atoms with E-state index in [0.29, 0.717) is 22.9 Å². The second kappa shape index (κ2) is 11.8. The standard InChI is InChI=1S/C26H22F3N3O4S/c1-16(24(33)17-7-9-20(10-8-17)36-25(28)29)37-26-31-30-23(32(26)22-6-4-3-5-21(22)27)15-35-19-13-11-18(34-2)12-14-19/h3-14,16,25H,15H2,1-2H3. The van der Waals surface area contributed by atoms with Crippen molar-refractivity contribution in [2.75, 3.05) is 7.11 Å². The number of ketones is 1. The van der Waals surface area contributed by atoms with Gasteiger partial charge in [0.15, 0.2) is 16.8 Å². The van der Waals surface area contributed by atoms with Crippen LogP contribution >= 0.6 is 11.8 Å². The maximum absolute atomic E-state index is 14.8. The number of carbonyl (C=O) groups excluding carboxylic acids is 1. The zero-order valence-electron chi connectivity index (χ0n) is 19.8. The molecule has 4 rings (SSSR count). The lowest BCUT2D eigenvalue weighted by Crippen LogP contribution is -2.15. The van der Waals surface area contributed by atoms with Gasteiger partial charge in [-0.2, -0.15) is 8.78 Å². The van der Waals surface area contributed by atoms with E-state index in [0.717, 1.165) is 11.8 Å². The molecule has 0 aliphatic heterocycles. The minimum absolute atomic E-state index is 0.0118. The van der Waals surface area contributed by atoms with Gasteiger partial charge < -0.3 is 14.2 Å². The molecule has 0 fully saturated rings. The summed E-state index contributed by atoms with van der Waals surface area (Å²) in [5.41, 5.74) is 0.512. The molecule has 0 aliphatic rings. The molecule has 0 saturated carbocycles. The first-order chi connectivity index (χ1) is 17.9. The summed E-state index contributed by atoms with van der Waals surface area (Å²) in [4.78, 5) is 13.0. The van der Waals surface area contributed by atoms with Crippen molar-refractivity contribution in [3.05, 3.63) is 90.0 Å². The van der Waals surface area contributed by atoms with Crippen molar-refractivity contribution < 1.29 is 32.2 Å². The fourth-order valence-corrected chi connectivity index (χ4v) is 4.37. The van der Waals surface area contributed by atoms with Gasteiger partial charge in [0.2, 0.25) is 0 Å². The summed E-state index contributed by atoms with van der Waals surface area (Å²) in [7, 11) is 1.56. The Bertz CT molecular complexity index is 1350. The van der Waals surface area contributed by atoms with Gasteiger partial charge in [-0.05, 0) is 67.6 Å². The van der Waals surface area contributed by atoms with E-state index in [2.05, 4.69) is 14.9 Å². The molecular formula is C26H22F3N3O4S. The van der Waals surface area contributed by atoms with Crippen LogP contribution in [0.15, 0.2) is 78.0 Å². The average Bonchev–Trinajstić information content (AvgIpc) is 3.29. The Labute approximate surface area is 215 Å². The van der Waals surface area contributed by atoms with E-state index < -0.39 is 17.7 Å². The van der Waals surface area contributed by atoms with Gasteiger partial charge in [0.05, 0.1) is 18.0 Å². The summed E-state index contributed by atoms with van der Waals surface area (Å²) in [6, 6.07) is 18.5. The fourth-order valence-electron chi connectivity index (χ4n) is 3.41. The van der Waals surface area contributed by atoms with Crippen molar-refractivity contribution in [3.63, 3.8) is 0 Å². The molecule has 0 spiro atoms. The number of para-hydroxylation sites is 1. The Morgan fingerprint density at radius 3 is 2.24 bits per heavy atom. The summed E-state index contributed by atoms with van der Waals surface area (Å²) in [5, 5.41) is 8.02. The van der Waals surface area contributed by atoms with Gasteiger partial charge in [-0.1, -0.05) is 23.9 Å². The van der Waals surface area contributed by atoms with Crippen molar-refractivity contribution in [1.82, 2.24) is 14.8 Å². The van der Waals surface area contributed by atoms with E-state index >= 15 is 0 Å². The average molecular weight is 530 g/mol. The maximum atomic E-state index is 14.8. The second-order valence-electron chi connectivity index (χ2n) is 7.68. The van der Waals surface area contributed by atoms with Crippen LogP contribution in [0, 0.1) is 5.82 Å². The molecule has 0 radical (unpaired) electrons. The van der Waals surface area contributed by atoms with Crippen LogP contribution in [0.2, 0.25) is 0 Å². The number of Topliss-reactive ketones (excluding diaryl/α,β-unsaturated/α-hetero) is 1. The van der Waals surface area contributed by atoms with E-state index in [-0.39, 0.29) is 29.0 Å². The molecule has 0 N–H and O–H groups in total. The molecule has 0 amide bonds. The number of halogens is 3. The summed E-state index contributed by atoms with van der Waals surface area (Å²) in [6.45, 7) is -1.30. The Hall–Kier alpha value is -3.99. The number of ether oxygens (including phenoxy) is 3. The molecule has 0 saturated heterocycles. The highest BCUT2D eigenvalue weighted by atomic mass is 32.2. The van der Waals surface area contributed by atoms with Gasteiger partial charge in [-0.3, -0.25) is 9.36 Å². The van der Waals surface area contributed by atoms with Gasteiger partial charge in [0, 0.05) is 5.56 Å². The molecule has 37 heavy (non-hydrogen) atoms. The van der Waals surface area contributed by atoms with E-state index in [1.54, 1.807) is 56.5 Å². The Balaban J connectivity index is 1.56. The van der Waals surface area contributed by atoms with E-state index in [1.807, 2.05) is 0 Å². The van der Waals surface area contributed by atoms with Gasteiger partial charge in [-0.15, -0.1) is 10.2 Å². The first-order valence-corrected chi connectivity index (χ1v) is 12.0. The highest BCUT2D eigenvalue weighted by Gasteiger charge is 2.24. The van der Waals surface area contributed by atoms with Crippen molar-refractivity contribution in [3.8, 4) is 22.9 Å². The van der Waals surface area contributed by atoms with Crippen molar-refractivity contribution in [1.29, 1.82) is 0 Å². The highest BCUT2D eigenvalue weighted by Crippen LogP contribution is 2.30. The quantitative estimate of drug-likeness (QED) is 0.175. The lowest BCUT2D eigenvalue weighted by molar-refractivity contribution is -0.0498. The van der Waals surface area contributed by atoms with Gasteiger partial charge in [-0.25, -0.2) is 4.39 Å². The van der Waals surface area contributed by atoms with Crippen molar-refractivity contribution in [2.24, 2.45) is 0 Å². The largest absolute Gasteiger partial charge is 0.497 e. The monoisotopic (exact) mass is 529 g/mol. The zero-order valence-corrected chi connectivity index (χ0v) is 20.6. The molecule has 4 aromatic rings. The molecule has 1 atom stereocenters.